The summed E-state index contributed by atoms with van der Waals surface area (Å²) in [4.78, 5) is 37.1. The van der Waals surface area contributed by atoms with Gasteiger partial charge in [0.2, 0.25) is 0 Å². The van der Waals surface area contributed by atoms with Gasteiger partial charge in [-0.25, -0.2) is 0 Å². The lowest BCUT2D eigenvalue weighted by Crippen LogP contribution is -2.33. The molecule has 0 aliphatic carbocycles. The Morgan fingerprint density at radius 2 is 1.09 bits per heavy atom. The molecule has 0 fully saturated rings. The van der Waals surface area contributed by atoms with Gasteiger partial charge in [0.1, 0.15) is 0 Å². The third kappa shape index (κ3) is 6.97. The van der Waals surface area contributed by atoms with E-state index >= 15 is 0 Å². The van der Waals surface area contributed by atoms with Crippen molar-refractivity contribution in [3.63, 3.8) is 0 Å². The van der Waals surface area contributed by atoms with Gasteiger partial charge >= 0.3 is 15.2 Å². The van der Waals surface area contributed by atoms with Crippen molar-refractivity contribution in [2.75, 3.05) is 0 Å². The number of rotatable bonds is 12. The SMILES string of the molecule is CCCCC(C)CC(CC(C)CCCC)(P(=O)(O)O)P(=O)(O)O. The van der Waals surface area contributed by atoms with E-state index in [9.17, 15) is 28.7 Å². The molecule has 0 aliphatic rings. The van der Waals surface area contributed by atoms with Gasteiger partial charge in [-0.1, -0.05) is 66.2 Å². The van der Waals surface area contributed by atoms with Crippen molar-refractivity contribution in [1.82, 2.24) is 0 Å². The van der Waals surface area contributed by atoms with Gasteiger partial charge in [-0.15, -0.1) is 0 Å². The van der Waals surface area contributed by atoms with E-state index in [1.54, 1.807) is 0 Å². The molecule has 2 atom stereocenters. The Labute approximate surface area is 140 Å². The van der Waals surface area contributed by atoms with Crippen LogP contribution in [0.1, 0.15) is 79.1 Å². The summed E-state index contributed by atoms with van der Waals surface area (Å²) in [5.74, 6) is -0.290. The normalized spacial score (nSPS) is 16.3. The topological polar surface area (TPSA) is 115 Å². The first-order valence-electron chi connectivity index (χ1n) is 8.52. The number of hydrogen-bond donors (Lipinski definition) is 4. The van der Waals surface area contributed by atoms with E-state index in [4.69, 9.17) is 0 Å². The van der Waals surface area contributed by atoms with E-state index < -0.39 is 20.1 Å². The van der Waals surface area contributed by atoms with E-state index in [0.29, 0.717) is 12.8 Å². The molecular weight excluding hydrogens is 338 g/mol. The van der Waals surface area contributed by atoms with Crippen LogP contribution in [-0.2, 0) is 9.13 Å². The summed E-state index contributed by atoms with van der Waals surface area (Å²) >= 11 is 0. The highest BCUT2D eigenvalue weighted by Crippen LogP contribution is 2.73. The van der Waals surface area contributed by atoms with Gasteiger partial charge in [0.05, 0.1) is 0 Å². The monoisotopic (exact) mass is 372 g/mol. The van der Waals surface area contributed by atoms with Crippen LogP contribution in [0, 0.1) is 11.8 Å². The van der Waals surface area contributed by atoms with Gasteiger partial charge in [0.15, 0.2) is 4.90 Å². The third-order valence-corrected chi connectivity index (χ3v) is 9.00. The fourth-order valence-corrected chi connectivity index (χ4v) is 6.71. The van der Waals surface area contributed by atoms with Crippen molar-refractivity contribution < 1.29 is 28.7 Å². The molecule has 0 radical (unpaired) electrons. The van der Waals surface area contributed by atoms with Gasteiger partial charge < -0.3 is 19.6 Å². The molecule has 140 valence electrons. The Morgan fingerprint density at radius 3 is 1.30 bits per heavy atom. The Kier molecular flexibility index (Phi) is 9.82. The average molecular weight is 372 g/mol. The molecule has 0 aliphatic heterocycles. The van der Waals surface area contributed by atoms with Crippen molar-refractivity contribution >= 4 is 15.2 Å². The molecule has 2 unspecified atom stereocenters. The quantitative estimate of drug-likeness (QED) is 0.376. The van der Waals surface area contributed by atoms with Crippen LogP contribution in [0.15, 0.2) is 0 Å². The summed E-state index contributed by atoms with van der Waals surface area (Å²) in [6, 6.07) is 0. The zero-order chi connectivity index (χ0) is 18.3. The highest BCUT2D eigenvalue weighted by molar-refractivity contribution is 7.72. The second-order valence-corrected chi connectivity index (χ2v) is 11.2. The van der Waals surface area contributed by atoms with Crippen LogP contribution < -0.4 is 0 Å². The first-order chi connectivity index (χ1) is 10.4. The van der Waals surface area contributed by atoms with Crippen LogP contribution in [0.5, 0.6) is 0 Å². The second kappa shape index (κ2) is 9.70. The summed E-state index contributed by atoms with van der Waals surface area (Å²) in [6.07, 6.45) is 4.78. The molecule has 0 rings (SSSR count). The lowest BCUT2D eigenvalue weighted by Gasteiger charge is -2.38. The molecule has 0 bridgehead atoms. The second-order valence-electron chi connectivity index (χ2n) is 6.97. The summed E-state index contributed by atoms with van der Waals surface area (Å²) in [7, 11) is -9.93. The molecule has 0 saturated heterocycles. The van der Waals surface area contributed by atoms with E-state index in [2.05, 4.69) is 0 Å². The van der Waals surface area contributed by atoms with Crippen molar-refractivity contribution in [3.8, 4) is 0 Å². The summed E-state index contributed by atoms with van der Waals surface area (Å²) < 4.78 is 24.2. The molecule has 0 aromatic heterocycles. The minimum atomic E-state index is -4.96. The van der Waals surface area contributed by atoms with Gasteiger partial charge in [-0.3, -0.25) is 9.13 Å². The molecule has 23 heavy (non-hydrogen) atoms. The lowest BCUT2D eigenvalue weighted by atomic mass is 9.92. The maximum absolute atomic E-state index is 12.1. The molecule has 0 saturated carbocycles. The van der Waals surface area contributed by atoms with E-state index in [0.717, 1.165) is 25.7 Å². The molecule has 0 aromatic rings. The Balaban J connectivity index is 5.55. The highest BCUT2D eigenvalue weighted by Gasteiger charge is 2.60. The predicted octanol–water partition coefficient (Wildman–Crippen LogP) is 4.47. The number of unbranched alkanes of at least 4 members (excludes halogenated alkanes) is 2. The van der Waals surface area contributed by atoms with E-state index in [1.807, 2.05) is 27.7 Å². The zero-order valence-corrected chi connectivity index (χ0v) is 16.6. The van der Waals surface area contributed by atoms with Crippen LogP contribution in [0.2, 0.25) is 0 Å². The molecule has 8 heteroatoms. The fourth-order valence-electron chi connectivity index (χ4n) is 3.15. The molecular formula is C15H34O6P2. The maximum Gasteiger partial charge on any atom is 0.343 e. The minimum Gasteiger partial charge on any atom is -0.324 e. The summed E-state index contributed by atoms with van der Waals surface area (Å²) in [5.41, 5.74) is 0. The first kappa shape index (κ1) is 23.3. The Bertz CT molecular complexity index is 388. The smallest absolute Gasteiger partial charge is 0.324 e. The third-order valence-electron chi connectivity index (χ3n) is 4.54. The van der Waals surface area contributed by atoms with Crippen LogP contribution in [0.3, 0.4) is 0 Å². The van der Waals surface area contributed by atoms with Crippen molar-refractivity contribution in [1.29, 1.82) is 0 Å². The molecule has 6 nitrogen and oxygen atoms in total. The highest BCUT2D eigenvalue weighted by atomic mass is 31.2. The molecule has 0 aromatic carbocycles. The standard InChI is InChI=1S/C15H34O6P2/c1-5-7-9-13(3)11-15(22(16,17)18,23(19,20)21)12-14(4)10-8-6-2/h13-14H,5-12H2,1-4H3,(H2,16,17,18)(H2,19,20,21). The molecule has 0 heterocycles. The van der Waals surface area contributed by atoms with Crippen molar-refractivity contribution in [2.24, 2.45) is 11.8 Å². The average Bonchev–Trinajstić information content (AvgIpc) is 2.39. The lowest BCUT2D eigenvalue weighted by molar-refractivity contribution is 0.258. The summed E-state index contributed by atoms with van der Waals surface area (Å²) in [5, 5.41) is 0. The Morgan fingerprint density at radius 1 is 0.783 bits per heavy atom. The van der Waals surface area contributed by atoms with Crippen LogP contribution >= 0.6 is 15.2 Å². The van der Waals surface area contributed by atoms with Gasteiger partial charge in [0, 0.05) is 0 Å². The molecule has 4 N–H and O–H groups in total. The maximum atomic E-state index is 12.1. The number of hydrogen-bond acceptors (Lipinski definition) is 2. The molecule has 0 amide bonds. The van der Waals surface area contributed by atoms with Crippen molar-refractivity contribution in [3.05, 3.63) is 0 Å². The van der Waals surface area contributed by atoms with E-state index in [1.165, 1.54) is 0 Å². The fraction of sp³-hybridized carbons (Fsp3) is 1.00. The molecule has 0 spiro atoms. The van der Waals surface area contributed by atoms with Crippen LogP contribution in [-0.4, -0.2) is 24.5 Å². The van der Waals surface area contributed by atoms with Gasteiger partial charge in [-0.05, 0) is 24.7 Å². The minimum absolute atomic E-state index is 0.141. The van der Waals surface area contributed by atoms with Crippen molar-refractivity contribution in [2.45, 2.75) is 84.0 Å². The van der Waals surface area contributed by atoms with Crippen LogP contribution in [0.25, 0.3) is 0 Å². The zero-order valence-electron chi connectivity index (χ0n) is 14.8. The van der Waals surface area contributed by atoms with Gasteiger partial charge in [-0.2, -0.15) is 0 Å². The predicted molar refractivity (Wildman–Crippen MR) is 93.4 cm³/mol. The Hall–Kier alpha value is 0.300. The summed E-state index contributed by atoms with van der Waals surface area (Å²) in [6.45, 7) is 7.65. The first-order valence-corrected chi connectivity index (χ1v) is 11.7. The largest absolute Gasteiger partial charge is 0.343 e. The van der Waals surface area contributed by atoms with Gasteiger partial charge in [0.25, 0.3) is 0 Å². The van der Waals surface area contributed by atoms with Crippen LogP contribution in [0.4, 0.5) is 0 Å². The van der Waals surface area contributed by atoms with E-state index in [-0.39, 0.29) is 24.7 Å².